The molecule has 34 heavy (non-hydrogen) atoms. The van der Waals surface area contributed by atoms with Gasteiger partial charge in [0.25, 0.3) is 0 Å². The Morgan fingerprint density at radius 1 is 0.882 bits per heavy atom. The summed E-state index contributed by atoms with van der Waals surface area (Å²) in [6, 6.07) is 20.2. The van der Waals surface area contributed by atoms with Crippen LogP contribution in [0.1, 0.15) is 48.5 Å². The molecule has 3 aromatic carbocycles. The Bertz CT molecular complexity index is 1060. The second kappa shape index (κ2) is 12.4. The van der Waals surface area contributed by atoms with Crippen molar-refractivity contribution in [2.24, 2.45) is 0 Å². The molecule has 1 fully saturated rings. The number of hydrogen-bond donors (Lipinski definition) is 0. The summed E-state index contributed by atoms with van der Waals surface area (Å²) in [6.07, 6.45) is 5.71. The number of piperidine rings is 1. The molecule has 0 unspecified atom stereocenters. The molecular weight excluding hydrogens is 426 g/mol. The van der Waals surface area contributed by atoms with Gasteiger partial charge >= 0.3 is 5.97 Å². The van der Waals surface area contributed by atoms with E-state index in [1.165, 1.54) is 24.8 Å². The largest absolute Gasteiger partial charge is 0.493 e. The topological polar surface area (TPSA) is 48.0 Å². The van der Waals surface area contributed by atoms with Crippen molar-refractivity contribution in [3.63, 3.8) is 0 Å². The Kier molecular flexibility index (Phi) is 8.80. The van der Waals surface area contributed by atoms with Gasteiger partial charge in [-0.15, -0.1) is 0 Å². The van der Waals surface area contributed by atoms with Crippen molar-refractivity contribution in [2.45, 2.75) is 39.0 Å². The minimum Gasteiger partial charge on any atom is -0.493 e. The monoisotopic (exact) mass is 461 g/mol. The Balaban J connectivity index is 1.48. The van der Waals surface area contributed by atoms with E-state index in [1.807, 2.05) is 43.3 Å². The summed E-state index contributed by atoms with van der Waals surface area (Å²) < 4.78 is 17.6. The van der Waals surface area contributed by atoms with Crippen LogP contribution in [0.15, 0.2) is 60.7 Å². The highest BCUT2D eigenvalue weighted by molar-refractivity contribution is 6.00. The SMILES string of the molecule is CCOC(=O)c1cc2cccc(OCCCc3ccccc3)c2cc1OCCN1CCCCC1. The summed E-state index contributed by atoms with van der Waals surface area (Å²) in [5.41, 5.74) is 1.78. The first kappa shape index (κ1) is 24.1. The molecule has 1 heterocycles. The maximum absolute atomic E-state index is 12.7. The van der Waals surface area contributed by atoms with E-state index >= 15 is 0 Å². The van der Waals surface area contributed by atoms with Gasteiger partial charge < -0.3 is 14.2 Å². The van der Waals surface area contributed by atoms with Gasteiger partial charge in [-0.05, 0) is 74.8 Å². The van der Waals surface area contributed by atoms with Crippen LogP contribution in [0, 0.1) is 0 Å². The number of carbonyl (C=O) groups excluding carboxylic acids is 1. The quantitative estimate of drug-likeness (QED) is 0.263. The van der Waals surface area contributed by atoms with Gasteiger partial charge in [-0.1, -0.05) is 48.9 Å². The van der Waals surface area contributed by atoms with Crippen LogP contribution in [-0.4, -0.2) is 50.3 Å². The zero-order valence-corrected chi connectivity index (χ0v) is 20.1. The fraction of sp³-hybridized carbons (Fsp3) is 0.414. The van der Waals surface area contributed by atoms with Crippen LogP contribution in [0.3, 0.4) is 0 Å². The van der Waals surface area contributed by atoms with E-state index in [9.17, 15) is 4.79 Å². The van der Waals surface area contributed by atoms with Crippen LogP contribution >= 0.6 is 0 Å². The first-order valence-corrected chi connectivity index (χ1v) is 12.5. The van der Waals surface area contributed by atoms with Crippen molar-refractivity contribution >= 4 is 16.7 Å². The number of fused-ring (bicyclic) bond motifs is 1. The summed E-state index contributed by atoms with van der Waals surface area (Å²) in [4.78, 5) is 15.1. The molecule has 0 saturated carbocycles. The van der Waals surface area contributed by atoms with Gasteiger partial charge in [0.15, 0.2) is 0 Å². The molecule has 5 heteroatoms. The summed E-state index contributed by atoms with van der Waals surface area (Å²) in [6.45, 7) is 6.40. The van der Waals surface area contributed by atoms with E-state index in [-0.39, 0.29) is 5.97 Å². The summed E-state index contributed by atoms with van der Waals surface area (Å²) in [5.74, 6) is 1.01. The van der Waals surface area contributed by atoms with Gasteiger partial charge in [-0.3, -0.25) is 4.90 Å². The Labute approximate surface area is 202 Å². The lowest BCUT2D eigenvalue weighted by Crippen LogP contribution is -2.33. The highest BCUT2D eigenvalue weighted by atomic mass is 16.5. The molecule has 4 rings (SSSR count). The summed E-state index contributed by atoms with van der Waals surface area (Å²) >= 11 is 0. The van der Waals surface area contributed by atoms with Crippen molar-refractivity contribution < 1.29 is 19.0 Å². The van der Waals surface area contributed by atoms with Crippen LogP contribution in [0.5, 0.6) is 11.5 Å². The first-order chi connectivity index (χ1) is 16.7. The van der Waals surface area contributed by atoms with E-state index in [4.69, 9.17) is 14.2 Å². The predicted octanol–water partition coefficient (Wildman–Crippen LogP) is 5.89. The number of hydrogen-bond acceptors (Lipinski definition) is 5. The molecule has 0 N–H and O–H groups in total. The fourth-order valence-electron chi connectivity index (χ4n) is 4.46. The number of benzene rings is 3. The third-order valence-electron chi connectivity index (χ3n) is 6.26. The van der Waals surface area contributed by atoms with Gasteiger partial charge in [0.05, 0.1) is 13.2 Å². The predicted molar refractivity (Wildman–Crippen MR) is 136 cm³/mol. The third kappa shape index (κ3) is 6.51. The Hall–Kier alpha value is -3.05. The highest BCUT2D eigenvalue weighted by Crippen LogP contribution is 2.33. The lowest BCUT2D eigenvalue weighted by Gasteiger charge is -2.26. The van der Waals surface area contributed by atoms with Crippen molar-refractivity contribution in [2.75, 3.05) is 39.5 Å². The summed E-state index contributed by atoms with van der Waals surface area (Å²) in [5, 5.41) is 1.88. The molecule has 1 saturated heterocycles. The van der Waals surface area contributed by atoms with Gasteiger partial charge in [0.1, 0.15) is 23.7 Å². The van der Waals surface area contributed by atoms with Gasteiger partial charge in [0.2, 0.25) is 0 Å². The van der Waals surface area contributed by atoms with Crippen molar-refractivity contribution in [1.29, 1.82) is 0 Å². The average molecular weight is 462 g/mol. The smallest absolute Gasteiger partial charge is 0.341 e. The molecular formula is C29H35NO4. The van der Waals surface area contributed by atoms with Crippen LogP contribution in [0.2, 0.25) is 0 Å². The second-order valence-electron chi connectivity index (χ2n) is 8.73. The lowest BCUT2D eigenvalue weighted by molar-refractivity contribution is 0.0521. The van der Waals surface area contributed by atoms with Crippen molar-refractivity contribution in [3.05, 3.63) is 71.8 Å². The molecule has 0 bridgehead atoms. The molecule has 5 nitrogen and oxygen atoms in total. The molecule has 1 aliphatic heterocycles. The molecule has 0 spiro atoms. The number of carbonyl (C=O) groups is 1. The van der Waals surface area contributed by atoms with Crippen LogP contribution < -0.4 is 9.47 Å². The summed E-state index contributed by atoms with van der Waals surface area (Å²) in [7, 11) is 0. The standard InChI is InChI=1S/C29H35NO4/c1-2-32-29(31)26-21-24-14-9-15-27(33-19-10-13-23-11-5-3-6-12-23)25(24)22-28(26)34-20-18-30-16-7-4-8-17-30/h3,5-6,9,11-12,14-15,21-22H,2,4,7-8,10,13,16-20H2,1H3. The maximum atomic E-state index is 12.7. The van der Waals surface area contributed by atoms with Gasteiger partial charge in [-0.25, -0.2) is 4.79 Å². The second-order valence-corrected chi connectivity index (χ2v) is 8.73. The molecule has 0 amide bonds. The van der Waals surface area contributed by atoms with Crippen LogP contribution in [-0.2, 0) is 11.2 Å². The van der Waals surface area contributed by atoms with E-state index in [1.54, 1.807) is 0 Å². The van der Waals surface area contributed by atoms with Crippen LogP contribution in [0.4, 0.5) is 0 Å². The number of rotatable bonds is 11. The zero-order chi connectivity index (χ0) is 23.6. The molecule has 180 valence electrons. The molecule has 1 aliphatic rings. The van der Waals surface area contributed by atoms with E-state index < -0.39 is 0 Å². The molecule has 3 aromatic rings. The molecule has 0 aliphatic carbocycles. The third-order valence-corrected chi connectivity index (χ3v) is 6.26. The first-order valence-electron chi connectivity index (χ1n) is 12.5. The van der Waals surface area contributed by atoms with Crippen molar-refractivity contribution in [3.8, 4) is 11.5 Å². The van der Waals surface area contributed by atoms with E-state index in [0.717, 1.165) is 49.0 Å². The zero-order valence-electron chi connectivity index (χ0n) is 20.1. The molecule has 0 radical (unpaired) electrons. The lowest BCUT2D eigenvalue weighted by atomic mass is 10.0. The minimum absolute atomic E-state index is 0.328. The number of likely N-dealkylation sites (tertiary alicyclic amines) is 1. The number of aryl methyl sites for hydroxylation is 1. The highest BCUT2D eigenvalue weighted by Gasteiger charge is 2.18. The number of nitrogens with zero attached hydrogens (tertiary/aromatic N) is 1. The normalized spacial score (nSPS) is 14.1. The van der Waals surface area contributed by atoms with E-state index in [2.05, 4.69) is 29.2 Å². The fourth-order valence-corrected chi connectivity index (χ4v) is 4.46. The van der Waals surface area contributed by atoms with Gasteiger partial charge in [-0.2, -0.15) is 0 Å². The average Bonchev–Trinajstić information content (AvgIpc) is 2.88. The van der Waals surface area contributed by atoms with Crippen LogP contribution in [0.25, 0.3) is 10.8 Å². The Morgan fingerprint density at radius 2 is 1.68 bits per heavy atom. The Morgan fingerprint density at radius 3 is 2.47 bits per heavy atom. The number of ether oxygens (including phenoxy) is 3. The minimum atomic E-state index is -0.355. The maximum Gasteiger partial charge on any atom is 0.341 e. The number of esters is 1. The van der Waals surface area contributed by atoms with E-state index in [0.29, 0.717) is 31.1 Å². The van der Waals surface area contributed by atoms with Gasteiger partial charge in [0, 0.05) is 11.9 Å². The van der Waals surface area contributed by atoms with Crippen molar-refractivity contribution in [1.82, 2.24) is 4.90 Å². The molecule has 0 atom stereocenters. The molecule has 0 aromatic heterocycles.